The van der Waals surface area contributed by atoms with Crippen molar-refractivity contribution in [1.82, 2.24) is 9.03 Å². The van der Waals surface area contributed by atoms with Gasteiger partial charge in [-0.05, 0) is 12.8 Å². The third-order valence-electron chi connectivity index (χ3n) is 2.59. The Labute approximate surface area is 89.8 Å². The van der Waals surface area contributed by atoms with E-state index in [1.807, 2.05) is 0 Å². The molecule has 1 N–H and O–H groups in total. The largest absolute Gasteiger partial charge is 0.469 e. The number of esters is 1. The second-order valence-corrected chi connectivity index (χ2v) is 5.28. The zero-order valence-corrected chi connectivity index (χ0v) is 9.71. The van der Waals surface area contributed by atoms with Crippen molar-refractivity contribution in [1.29, 1.82) is 0 Å². The van der Waals surface area contributed by atoms with Gasteiger partial charge in [-0.1, -0.05) is 0 Å². The van der Waals surface area contributed by atoms with Gasteiger partial charge in [0.05, 0.1) is 13.0 Å². The van der Waals surface area contributed by atoms with E-state index >= 15 is 0 Å². The Hall–Kier alpha value is -0.660. The van der Waals surface area contributed by atoms with Gasteiger partial charge in [-0.2, -0.15) is 12.7 Å². The van der Waals surface area contributed by atoms with Gasteiger partial charge in [0.15, 0.2) is 0 Å². The molecule has 1 saturated heterocycles. The van der Waals surface area contributed by atoms with Crippen molar-refractivity contribution in [3.63, 3.8) is 0 Å². The first-order valence-corrected chi connectivity index (χ1v) is 6.21. The van der Waals surface area contributed by atoms with Crippen LogP contribution in [0, 0.1) is 5.92 Å². The summed E-state index contributed by atoms with van der Waals surface area (Å²) < 4.78 is 31.0. The second-order valence-electron chi connectivity index (χ2n) is 3.41. The third kappa shape index (κ3) is 2.90. The van der Waals surface area contributed by atoms with E-state index in [2.05, 4.69) is 9.46 Å². The summed E-state index contributed by atoms with van der Waals surface area (Å²) in [6.45, 7) is 0.728. The van der Waals surface area contributed by atoms with E-state index < -0.39 is 10.2 Å². The summed E-state index contributed by atoms with van der Waals surface area (Å²) in [6.07, 6.45) is 1.04. The van der Waals surface area contributed by atoms with Crippen molar-refractivity contribution in [2.24, 2.45) is 5.92 Å². The highest BCUT2D eigenvalue weighted by atomic mass is 32.2. The van der Waals surface area contributed by atoms with Crippen LogP contribution in [0.1, 0.15) is 12.8 Å². The average Bonchev–Trinajstić information content (AvgIpc) is 2.28. The number of carbonyl (C=O) groups is 1. The van der Waals surface area contributed by atoms with Gasteiger partial charge in [0.25, 0.3) is 10.2 Å². The number of hydrogen-bond donors (Lipinski definition) is 1. The number of rotatable bonds is 3. The number of carbonyl (C=O) groups excluding carboxylic acids is 1. The fraction of sp³-hybridized carbons (Fsp3) is 0.875. The molecule has 1 aliphatic heterocycles. The van der Waals surface area contributed by atoms with Crippen LogP contribution in [0.3, 0.4) is 0 Å². The zero-order valence-electron chi connectivity index (χ0n) is 8.89. The quantitative estimate of drug-likeness (QED) is 0.660. The Balaban J connectivity index is 2.53. The molecule has 0 atom stereocenters. The molecule has 0 aromatic heterocycles. The molecular weight excluding hydrogens is 220 g/mol. The molecule has 6 nitrogen and oxygen atoms in total. The third-order valence-corrected chi connectivity index (χ3v) is 4.15. The summed E-state index contributed by atoms with van der Waals surface area (Å²) in [7, 11) is -0.623. The molecule has 15 heavy (non-hydrogen) atoms. The van der Waals surface area contributed by atoms with Crippen LogP contribution in [-0.2, 0) is 19.7 Å². The molecule has 88 valence electrons. The molecular formula is C8H16N2O4S. The topological polar surface area (TPSA) is 75.7 Å². The molecule has 7 heteroatoms. The maximum Gasteiger partial charge on any atom is 0.308 e. The van der Waals surface area contributed by atoms with Crippen molar-refractivity contribution in [2.45, 2.75) is 12.8 Å². The van der Waals surface area contributed by atoms with Gasteiger partial charge in [0.1, 0.15) is 0 Å². The molecule has 0 saturated carbocycles. The molecule has 1 heterocycles. The number of methoxy groups -OCH3 is 1. The lowest BCUT2D eigenvalue weighted by atomic mass is 9.99. The number of hydrogen-bond acceptors (Lipinski definition) is 4. The Kier molecular flexibility index (Phi) is 4.06. The van der Waals surface area contributed by atoms with E-state index in [-0.39, 0.29) is 11.9 Å². The first-order chi connectivity index (χ1) is 7.01. The minimum absolute atomic E-state index is 0.168. The van der Waals surface area contributed by atoms with E-state index in [1.54, 1.807) is 0 Å². The zero-order chi connectivity index (χ0) is 11.5. The average molecular weight is 236 g/mol. The summed E-state index contributed by atoms with van der Waals surface area (Å²) in [4.78, 5) is 11.2. The Morgan fingerprint density at radius 3 is 2.33 bits per heavy atom. The Morgan fingerprint density at radius 2 is 1.93 bits per heavy atom. The molecule has 1 rings (SSSR count). The summed E-state index contributed by atoms with van der Waals surface area (Å²) in [5.41, 5.74) is 0. The highest BCUT2D eigenvalue weighted by Crippen LogP contribution is 2.19. The van der Waals surface area contributed by atoms with E-state index in [4.69, 9.17) is 0 Å². The maximum atomic E-state index is 11.4. The lowest BCUT2D eigenvalue weighted by Crippen LogP contribution is -2.44. The smallest absolute Gasteiger partial charge is 0.308 e. The summed E-state index contributed by atoms with van der Waals surface area (Å²) >= 11 is 0. The predicted molar refractivity (Wildman–Crippen MR) is 54.3 cm³/mol. The predicted octanol–water partition coefficient (Wildman–Crippen LogP) is -0.664. The van der Waals surface area contributed by atoms with E-state index in [9.17, 15) is 13.2 Å². The highest BCUT2D eigenvalue weighted by Gasteiger charge is 2.30. The first-order valence-electron chi connectivity index (χ1n) is 4.77. The summed E-state index contributed by atoms with van der Waals surface area (Å²) in [6, 6.07) is 0. The van der Waals surface area contributed by atoms with Crippen molar-refractivity contribution < 1.29 is 17.9 Å². The lowest BCUT2D eigenvalue weighted by molar-refractivity contribution is -0.146. The molecule has 0 amide bonds. The normalized spacial score (nSPS) is 20.1. The summed E-state index contributed by atoms with van der Waals surface area (Å²) in [5.74, 6) is -0.421. The van der Waals surface area contributed by atoms with Gasteiger partial charge < -0.3 is 4.74 Å². The van der Waals surface area contributed by atoms with Gasteiger partial charge in [0, 0.05) is 20.1 Å². The van der Waals surface area contributed by atoms with Gasteiger partial charge in [-0.15, -0.1) is 0 Å². The Bertz CT molecular complexity index is 320. The molecule has 0 aliphatic carbocycles. The Morgan fingerprint density at radius 1 is 1.40 bits per heavy atom. The fourth-order valence-electron chi connectivity index (χ4n) is 1.63. The number of nitrogens with one attached hydrogen (secondary N) is 1. The monoisotopic (exact) mass is 236 g/mol. The molecule has 0 spiro atoms. The molecule has 0 aromatic carbocycles. The van der Waals surface area contributed by atoms with Crippen LogP contribution in [0.4, 0.5) is 0 Å². The number of nitrogens with zero attached hydrogens (tertiary/aromatic N) is 1. The van der Waals surface area contributed by atoms with Crippen LogP contribution in [-0.4, -0.2) is 45.9 Å². The number of ether oxygens (including phenoxy) is 1. The van der Waals surface area contributed by atoms with Crippen LogP contribution in [0.2, 0.25) is 0 Å². The minimum Gasteiger partial charge on any atom is -0.469 e. The lowest BCUT2D eigenvalue weighted by Gasteiger charge is -2.29. The fourth-order valence-corrected chi connectivity index (χ4v) is 2.58. The van der Waals surface area contributed by atoms with Crippen molar-refractivity contribution in [3.05, 3.63) is 0 Å². The number of piperidine rings is 1. The maximum absolute atomic E-state index is 11.4. The van der Waals surface area contributed by atoms with E-state index in [0.29, 0.717) is 25.9 Å². The molecule has 0 unspecified atom stereocenters. The molecule has 1 fully saturated rings. The minimum atomic E-state index is -3.35. The van der Waals surface area contributed by atoms with Crippen LogP contribution >= 0.6 is 0 Å². The van der Waals surface area contributed by atoms with E-state index in [0.717, 1.165) is 0 Å². The van der Waals surface area contributed by atoms with Gasteiger partial charge in [-0.25, -0.2) is 4.72 Å². The van der Waals surface area contributed by atoms with Gasteiger partial charge in [-0.3, -0.25) is 4.79 Å². The molecule has 0 radical (unpaired) electrons. The standard InChI is InChI=1S/C8H16N2O4S/c1-9-15(12,13)10-5-3-7(4-6-10)8(11)14-2/h7,9H,3-6H2,1-2H3. The highest BCUT2D eigenvalue weighted by molar-refractivity contribution is 7.87. The van der Waals surface area contributed by atoms with Gasteiger partial charge >= 0.3 is 5.97 Å². The van der Waals surface area contributed by atoms with Gasteiger partial charge in [0.2, 0.25) is 0 Å². The van der Waals surface area contributed by atoms with Crippen molar-refractivity contribution in [3.8, 4) is 0 Å². The molecule has 1 aliphatic rings. The molecule has 0 bridgehead atoms. The van der Waals surface area contributed by atoms with Crippen LogP contribution < -0.4 is 4.72 Å². The summed E-state index contributed by atoms with van der Waals surface area (Å²) in [5, 5.41) is 0. The van der Waals surface area contributed by atoms with Crippen LogP contribution in [0.5, 0.6) is 0 Å². The first kappa shape index (κ1) is 12.4. The second kappa shape index (κ2) is 4.91. The van der Waals surface area contributed by atoms with E-state index in [1.165, 1.54) is 18.5 Å². The SMILES string of the molecule is CNS(=O)(=O)N1CCC(C(=O)OC)CC1. The van der Waals surface area contributed by atoms with Crippen molar-refractivity contribution in [2.75, 3.05) is 27.2 Å². The van der Waals surface area contributed by atoms with Crippen LogP contribution in [0.25, 0.3) is 0 Å². The van der Waals surface area contributed by atoms with Crippen molar-refractivity contribution >= 4 is 16.2 Å². The van der Waals surface area contributed by atoms with Crippen LogP contribution in [0.15, 0.2) is 0 Å². The molecule has 0 aromatic rings.